The second-order valence-corrected chi connectivity index (χ2v) is 5.52. The maximum Gasteiger partial charge on any atom is 0.225 e. The lowest BCUT2D eigenvalue weighted by molar-refractivity contribution is -0.130. The number of nitrogens with zero attached hydrogens (tertiary/aromatic N) is 1. The van der Waals surface area contributed by atoms with Crippen LogP contribution in [0.1, 0.15) is 12.8 Å². The van der Waals surface area contributed by atoms with Crippen LogP contribution < -0.4 is 10.5 Å². The van der Waals surface area contributed by atoms with E-state index in [1.165, 1.54) is 0 Å². The highest BCUT2D eigenvalue weighted by molar-refractivity contribution is 7.80. The second kappa shape index (κ2) is 8.29. The Kier molecular flexibility index (Phi) is 7.05. The van der Waals surface area contributed by atoms with Gasteiger partial charge in [-0.1, -0.05) is 41.5 Å². The van der Waals surface area contributed by atoms with Crippen molar-refractivity contribution in [2.24, 2.45) is 5.73 Å². The Balaban J connectivity index is 2.40. The Morgan fingerprint density at radius 1 is 1.35 bits per heavy atom. The molecule has 110 valence electrons. The summed E-state index contributed by atoms with van der Waals surface area (Å²) in [5, 5.41) is 0.846. The van der Waals surface area contributed by atoms with E-state index in [9.17, 15) is 4.79 Å². The van der Waals surface area contributed by atoms with Gasteiger partial charge in [0.2, 0.25) is 5.91 Å². The minimum atomic E-state index is -0.0515. The maximum atomic E-state index is 11.8. The second-order valence-electron chi connectivity index (χ2n) is 4.18. The van der Waals surface area contributed by atoms with Crippen LogP contribution in [0.15, 0.2) is 18.2 Å². The molecule has 0 aromatic heterocycles. The lowest BCUT2D eigenvalue weighted by Gasteiger charge is -2.17. The monoisotopic (exact) mass is 334 g/mol. The molecule has 0 radical (unpaired) electrons. The highest BCUT2D eigenvalue weighted by atomic mass is 35.5. The molecule has 7 heteroatoms. The fourth-order valence-electron chi connectivity index (χ4n) is 1.45. The van der Waals surface area contributed by atoms with Gasteiger partial charge in [-0.25, -0.2) is 0 Å². The predicted octanol–water partition coefficient (Wildman–Crippen LogP) is 2.90. The van der Waals surface area contributed by atoms with Crippen molar-refractivity contribution in [2.45, 2.75) is 12.8 Å². The summed E-state index contributed by atoms with van der Waals surface area (Å²) in [6.45, 7) is 0.709. The minimum Gasteiger partial charge on any atom is -0.490 e. The molecule has 0 unspecified atom stereocenters. The zero-order valence-electron chi connectivity index (χ0n) is 11.1. The van der Waals surface area contributed by atoms with Crippen LogP contribution in [0.3, 0.4) is 0 Å². The van der Waals surface area contributed by atoms with Gasteiger partial charge in [0.1, 0.15) is 0 Å². The van der Waals surface area contributed by atoms with Crippen LogP contribution in [0, 0.1) is 0 Å². The molecule has 1 amide bonds. The number of rotatable bonds is 7. The van der Waals surface area contributed by atoms with Crippen molar-refractivity contribution in [3.05, 3.63) is 28.2 Å². The summed E-state index contributed by atoms with van der Waals surface area (Å²) in [6, 6.07) is 5.09. The number of thiocarbonyl (C=S) groups is 1. The van der Waals surface area contributed by atoms with E-state index < -0.39 is 0 Å². The lowest BCUT2D eigenvalue weighted by atomic mass is 10.3. The third kappa shape index (κ3) is 5.53. The Morgan fingerprint density at radius 2 is 1.95 bits per heavy atom. The molecule has 0 atom stereocenters. The van der Waals surface area contributed by atoms with Crippen molar-refractivity contribution in [1.82, 2.24) is 4.90 Å². The predicted molar refractivity (Wildman–Crippen MR) is 85.6 cm³/mol. The molecule has 0 saturated carbocycles. The van der Waals surface area contributed by atoms with Crippen LogP contribution in [-0.4, -0.2) is 36.0 Å². The quantitative estimate of drug-likeness (QED) is 0.779. The Labute approximate surface area is 133 Å². The Bertz CT molecular complexity index is 477. The van der Waals surface area contributed by atoms with E-state index >= 15 is 0 Å². The van der Waals surface area contributed by atoms with E-state index in [0.717, 1.165) is 0 Å². The number of hydrogen-bond donors (Lipinski definition) is 1. The molecule has 0 spiro atoms. The molecular formula is C13H16Cl2N2O2S. The van der Waals surface area contributed by atoms with Gasteiger partial charge in [0.25, 0.3) is 0 Å². The van der Waals surface area contributed by atoms with E-state index in [0.29, 0.717) is 33.7 Å². The molecule has 4 nitrogen and oxygen atoms in total. The first kappa shape index (κ1) is 17.0. The van der Waals surface area contributed by atoms with Crippen LogP contribution in [0.4, 0.5) is 0 Å². The molecule has 0 heterocycles. The van der Waals surface area contributed by atoms with Crippen molar-refractivity contribution in [1.29, 1.82) is 0 Å². The Morgan fingerprint density at radius 3 is 2.50 bits per heavy atom. The van der Waals surface area contributed by atoms with E-state index in [-0.39, 0.29) is 18.9 Å². The van der Waals surface area contributed by atoms with Gasteiger partial charge in [-0.05, 0) is 12.1 Å². The summed E-state index contributed by atoms with van der Waals surface area (Å²) in [5.41, 5.74) is 5.39. The molecular weight excluding hydrogens is 319 g/mol. The number of nitrogens with two attached hydrogens (primary N) is 1. The molecule has 2 N–H and O–H groups in total. The van der Waals surface area contributed by atoms with Crippen molar-refractivity contribution < 1.29 is 9.53 Å². The number of hydrogen-bond acceptors (Lipinski definition) is 3. The number of carbonyl (C=O) groups is 1. The number of benzene rings is 1. The standard InChI is InChI=1S/C13H16Cl2N2O2S/c1-17(7-5-11(16)20)12(18)6-8-19-13-9(14)3-2-4-10(13)15/h2-4H,5-8H2,1H3,(H2,16,20). The fourth-order valence-corrected chi connectivity index (χ4v) is 2.05. The van der Waals surface area contributed by atoms with E-state index in [4.69, 9.17) is 45.9 Å². The minimum absolute atomic E-state index is 0.0515. The highest BCUT2D eigenvalue weighted by Crippen LogP contribution is 2.32. The lowest BCUT2D eigenvalue weighted by Crippen LogP contribution is -2.30. The van der Waals surface area contributed by atoms with Gasteiger partial charge in [0.15, 0.2) is 5.75 Å². The van der Waals surface area contributed by atoms with Crippen LogP contribution in [-0.2, 0) is 4.79 Å². The van der Waals surface area contributed by atoms with Crippen LogP contribution in [0.25, 0.3) is 0 Å². The van der Waals surface area contributed by atoms with Gasteiger partial charge in [-0.3, -0.25) is 4.79 Å². The molecule has 1 rings (SSSR count). The summed E-state index contributed by atoms with van der Waals surface area (Å²) in [7, 11) is 1.70. The first-order valence-corrected chi connectivity index (χ1v) is 7.17. The molecule has 1 aromatic rings. The first-order valence-electron chi connectivity index (χ1n) is 6.01. The molecule has 0 fully saturated rings. The van der Waals surface area contributed by atoms with Gasteiger partial charge in [0.05, 0.1) is 28.1 Å². The summed E-state index contributed by atoms with van der Waals surface area (Å²) in [5.74, 6) is 0.346. The van der Waals surface area contributed by atoms with E-state index in [1.54, 1.807) is 30.1 Å². The molecule has 0 bridgehead atoms. The summed E-state index contributed by atoms with van der Waals surface area (Å²) in [6.07, 6.45) is 0.740. The van der Waals surface area contributed by atoms with E-state index in [1.807, 2.05) is 0 Å². The average Bonchev–Trinajstić information content (AvgIpc) is 2.39. The normalized spacial score (nSPS) is 10.2. The summed E-state index contributed by atoms with van der Waals surface area (Å²) < 4.78 is 5.45. The summed E-state index contributed by atoms with van der Waals surface area (Å²) >= 11 is 16.7. The van der Waals surface area contributed by atoms with Gasteiger partial charge in [0, 0.05) is 20.0 Å². The zero-order chi connectivity index (χ0) is 15.1. The van der Waals surface area contributed by atoms with Gasteiger partial charge >= 0.3 is 0 Å². The first-order chi connectivity index (χ1) is 9.41. The van der Waals surface area contributed by atoms with Crippen molar-refractivity contribution >= 4 is 46.3 Å². The van der Waals surface area contributed by atoms with Crippen LogP contribution >= 0.6 is 35.4 Å². The smallest absolute Gasteiger partial charge is 0.225 e. The topological polar surface area (TPSA) is 55.6 Å². The summed E-state index contributed by atoms with van der Waals surface area (Å²) in [4.78, 5) is 13.8. The van der Waals surface area contributed by atoms with Gasteiger partial charge < -0.3 is 15.4 Å². The average molecular weight is 335 g/mol. The van der Waals surface area contributed by atoms with E-state index in [2.05, 4.69) is 0 Å². The van der Waals surface area contributed by atoms with Crippen molar-refractivity contribution in [2.75, 3.05) is 20.2 Å². The molecule has 0 aliphatic heterocycles. The fraction of sp³-hybridized carbons (Fsp3) is 0.385. The largest absolute Gasteiger partial charge is 0.490 e. The van der Waals surface area contributed by atoms with Crippen molar-refractivity contribution in [3.63, 3.8) is 0 Å². The highest BCUT2D eigenvalue weighted by Gasteiger charge is 2.11. The molecule has 1 aromatic carbocycles. The number of amides is 1. The molecule has 0 aliphatic carbocycles. The number of carbonyl (C=O) groups excluding carboxylic acids is 1. The number of ether oxygens (including phenoxy) is 1. The third-order valence-corrected chi connectivity index (χ3v) is 3.40. The van der Waals surface area contributed by atoms with Crippen molar-refractivity contribution in [3.8, 4) is 5.75 Å². The maximum absolute atomic E-state index is 11.8. The van der Waals surface area contributed by atoms with Gasteiger partial charge in [-0.2, -0.15) is 0 Å². The third-order valence-electron chi connectivity index (χ3n) is 2.60. The molecule has 0 saturated heterocycles. The van der Waals surface area contributed by atoms with Crippen LogP contribution in [0.5, 0.6) is 5.75 Å². The van der Waals surface area contributed by atoms with Crippen LogP contribution in [0.2, 0.25) is 10.0 Å². The SMILES string of the molecule is CN(CCC(N)=S)C(=O)CCOc1c(Cl)cccc1Cl. The molecule has 20 heavy (non-hydrogen) atoms. The number of para-hydroxylation sites is 1. The zero-order valence-corrected chi connectivity index (χ0v) is 13.4. The molecule has 0 aliphatic rings. The van der Waals surface area contributed by atoms with Gasteiger partial charge in [-0.15, -0.1) is 0 Å². The Hall–Kier alpha value is -1.04. The number of halogens is 2.